The topological polar surface area (TPSA) is 60.7 Å². The Bertz CT molecular complexity index is 170. The summed E-state index contributed by atoms with van der Waals surface area (Å²) in [7, 11) is 0. The SMILES string of the molecule is CCC(C)(O)CC.CCC(C)(O)CC.CCC(C)(O)CC.[Nb]. The molecule has 0 unspecified atom stereocenters. The van der Waals surface area contributed by atoms with Gasteiger partial charge in [0.05, 0.1) is 16.8 Å². The third-order valence-corrected chi connectivity index (χ3v) is 4.57. The van der Waals surface area contributed by atoms with E-state index >= 15 is 0 Å². The van der Waals surface area contributed by atoms with Crippen molar-refractivity contribution >= 4 is 0 Å². The summed E-state index contributed by atoms with van der Waals surface area (Å²) >= 11 is 0. The van der Waals surface area contributed by atoms with E-state index in [1.807, 2.05) is 62.3 Å². The summed E-state index contributed by atoms with van der Waals surface area (Å²) in [6.07, 6.45) is 5.10. The van der Waals surface area contributed by atoms with Crippen LogP contribution in [0.2, 0.25) is 0 Å². The van der Waals surface area contributed by atoms with Gasteiger partial charge in [-0.1, -0.05) is 41.5 Å². The van der Waals surface area contributed by atoms with E-state index in [2.05, 4.69) is 0 Å². The first-order valence-corrected chi connectivity index (χ1v) is 8.53. The second-order valence-electron chi connectivity index (χ2n) is 6.61. The molecule has 0 atom stereocenters. The maximum atomic E-state index is 9.13. The monoisotopic (exact) mass is 399 g/mol. The minimum atomic E-state index is -0.417. The van der Waals surface area contributed by atoms with Gasteiger partial charge in [-0.05, 0) is 59.3 Å². The first-order chi connectivity index (χ1) is 9.36. The van der Waals surface area contributed by atoms with Crippen LogP contribution in [0.4, 0.5) is 0 Å². The molecule has 3 nitrogen and oxygen atoms in total. The van der Waals surface area contributed by atoms with Crippen LogP contribution in [0, 0.1) is 0 Å². The van der Waals surface area contributed by atoms with Crippen molar-refractivity contribution in [3.63, 3.8) is 0 Å². The van der Waals surface area contributed by atoms with E-state index in [0.717, 1.165) is 38.5 Å². The maximum Gasteiger partial charge on any atom is 0.0614 e. The second kappa shape index (κ2) is 15.2. The van der Waals surface area contributed by atoms with Gasteiger partial charge in [-0.3, -0.25) is 0 Å². The standard InChI is InChI=1S/3C6H14O.Nb/c3*1-4-6(3,7)5-2;/h3*7H,4-5H2,1-3H3;. The van der Waals surface area contributed by atoms with E-state index in [1.165, 1.54) is 0 Å². The van der Waals surface area contributed by atoms with Crippen LogP contribution in [0.15, 0.2) is 0 Å². The Morgan fingerprint density at radius 1 is 0.455 bits per heavy atom. The predicted molar refractivity (Wildman–Crippen MR) is 93.6 cm³/mol. The van der Waals surface area contributed by atoms with Gasteiger partial charge in [-0.2, -0.15) is 0 Å². The summed E-state index contributed by atoms with van der Waals surface area (Å²) in [5.41, 5.74) is -1.25. The molecule has 0 fully saturated rings. The zero-order valence-corrected chi connectivity index (χ0v) is 18.7. The smallest absolute Gasteiger partial charge is 0.0614 e. The van der Waals surface area contributed by atoms with Gasteiger partial charge in [0.1, 0.15) is 0 Å². The third kappa shape index (κ3) is 22.9. The van der Waals surface area contributed by atoms with Crippen molar-refractivity contribution in [2.75, 3.05) is 0 Å². The molecule has 137 valence electrons. The first-order valence-electron chi connectivity index (χ1n) is 8.53. The number of aliphatic hydroxyl groups is 3. The second-order valence-corrected chi connectivity index (χ2v) is 6.61. The Balaban J connectivity index is -0.000000108. The van der Waals surface area contributed by atoms with E-state index in [-0.39, 0.29) is 22.4 Å². The van der Waals surface area contributed by atoms with Gasteiger partial charge in [0.25, 0.3) is 0 Å². The van der Waals surface area contributed by atoms with Crippen LogP contribution >= 0.6 is 0 Å². The summed E-state index contributed by atoms with van der Waals surface area (Å²) in [6.45, 7) is 17.5. The fraction of sp³-hybridized carbons (Fsp3) is 1.00. The summed E-state index contributed by atoms with van der Waals surface area (Å²) < 4.78 is 0. The largest absolute Gasteiger partial charge is 0.390 e. The molecule has 0 aliphatic heterocycles. The molecule has 0 saturated heterocycles. The summed E-state index contributed by atoms with van der Waals surface area (Å²) in [6, 6.07) is 0. The molecule has 22 heavy (non-hydrogen) atoms. The molecule has 3 N–H and O–H groups in total. The minimum absolute atomic E-state index is 0. The van der Waals surface area contributed by atoms with Crippen molar-refractivity contribution < 1.29 is 37.7 Å². The van der Waals surface area contributed by atoms with Crippen LogP contribution in [-0.4, -0.2) is 32.1 Å². The van der Waals surface area contributed by atoms with Crippen molar-refractivity contribution in [1.82, 2.24) is 0 Å². The number of hydrogen-bond acceptors (Lipinski definition) is 3. The Morgan fingerprint density at radius 3 is 0.545 bits per heavy atom. The Labute approximate surface area is 155 Å². The van der Waals surface area contributed by atoms with Gasteiger partial charge < -0.3 is 15.3 Å². The third-order valence-electron chi connectivity index (χ3n) is 4.57. The van der Waals surface area contributed by atoms with E-state index in [0.29, 0.717) is 0 Å². The predicted octanol–water partition coefficient (Wildman–Crippen LogP) is 4.67. The van der Waals surface area contributed by atoms with E-state index in [4.69, 9.17) is 15.3 Å². The molecule has 0 saturated carbocycles. The summed E-state index contributed by atoms with van der Waals surface area (Å²) in [5.74, 6) is 0. The van der Waals surface area contributed by atoms with Crippen LogP contribution in [0.1, 0.15) is 101 Å². The molecule has 0 aliphatic carbocycles. The molecule has 0 aromatic carbocycles. The summed E-state index contributed by atoms with van der Waals surface area (Å²) in [5, 5.41) is 27.4. The van der Waals surface area contributed by atoms with Crippen molar-refractivity contribution in [2.45, 2.75) is 118 Å². The molecule has 0 spiro atoms. The molecule has 0 rings (SSSR count). The zero-order valence-electron chi connectivity index (χ0n) is 16.5. The normalized spacial score (nSPS) is 11.5. The molecule has 0 bridgehead atoms. The molecular weight excluding hydrogens is 357 g/mol. The Kier molecular flexibility index (Phi) is 21.0. The molecule has 0 amide bonds. The number of rotatable bonds is 6. The van der Waals surface area contributed by atoms with E-state index in [9.17, 15) is 0 Å². The van der Waals surface area contributed by atoms with Gasteiger partial charge in [-0.25, -0.2) is 0 Å². The Morgan fingerprint density at radius 2 is 0.545 bits per heavy atom. The fourth-order valence-corrected chi connectivity index (χ4v) is 0.750. The van der Waals surface area contributed by atoms with E-state index < -0.39 is 16.8 Å². The number of hydrogen-bond donors (Lipinski definition) is 3. The van der Waals surface area contributed by atoms with Crippen molar-refractivity contribution in [3.05, 3.63) is 0 Å². The van der Waals surface area contributed by atoms with Gasteiger partial charge >= 0.3 is 0 Å². The first kappa shape index (κ1) is 30.5. The quantitative estimate of drug-likeness (QED) is 0.569. The van der Waals surface area contributed by atoms with Crippen molar-refractivity contribution in [3.8, 4) is 0 Å². The van der Waals surface area contributed by atoms with Crippen LogP contribution in [-0.2, 0) is 22.4 Å². The van der Waals surface area contributed by atoms with Crippen LogP contribution < -0.4 is 0 Å². The van der Waals surface area contributed by atoms with Crippen molar-refractivity contribution in [1.29, 1.82) is 0 Å². The van der Waals surface area contributed by atoms with Gasteiger partial charge in [-0.15, -0.1) is 0 Å². The molecule has 0 aliphatic rings. The molecule has 4 heteroatoms. The zero-order chi connectivity index (χ0) is 17.7. The van der Waals surface area contributed by atoms with Crippen LogP contribution in [0.25, 0.3) is 0 Å². The average molecular weight is 399 g/mol. The van der Waals surface area contributed by atoms with Crippen molar-refractivity contribution in [2.24, 2.45) is 0 Å². The van der Waals surface area contributed by atoms with Crippen LogP contribution in [0.5, 0.6) is 0 Å². The molecule has 0 heterocycles. The fourth-order valence-electron chi connectivity index (χ4n) is 0.750. The molecule has 0 aromatic rings. The van der Waals surface area contributed by atoms with Gasteiger partial charge in [0.15, 0.2) is 0 Å². The van der Waals surface area contributed by atoms with E-state index in [1.54, 1.807) is 0 Å². The average Bonchev–Trinajstić information content (AvgIpc) is 2.48. The minimum Gasteiger partial charge on any atom is -0.390 e. The summed E-state index contributed by atoms with van der Waals surface area (Å²) in [4.78, 5) is 0. The Hall–Kier alpha value is 0.620. The van der Waals surface area contributed by atoms with Gasteiger partial charge in [0, 0.05) is 22.4 Å². The van der Waals surface area contributed by atoms with Crippen LogP contribution in [0.3, 0.4) is 0 Å². The van der Waals surface area contributed by atoms with Gasteiger partial charge in [0.2, 0.25) is 0 Å². The molecule has 1 radical (unpaired) electrons. The molecule has 0 aromatic heterocycles. The maximum absolute atomic E-state index is 9.13. The molecular formula is C18H42NbO3.